The molecule has 96 valence electrons. The molecule has 0 saturated heterocycles. The van der Waals surface area contributed by atoms with Crippen LogP contribution in [-0.2, 0) is 6.54 Å². The smallest absolute Gasteiger partial charge is 0.124 e. The van der Waals surface area contributed by atoms with E-state index in [2.05, 4.69) is 29.4 Å². The highest BCUT2D eigenvalue weighted by molar-refractivity contribution is 6.33. The van der Waals surface area contributed by atoms with Gasteiger partial charge in [0.25, 0.3) is 0 Å². The number of aromatic amines is 1. The summed E-state index contributed by atoms with van der Waals surface area (Å²) >= 11 is 6.05. The third-order valence-electron chi connectivity index (χ3n) is 2.62. The van der Waals surface area contributed by atoms with Crippen LogP contribution in [0.2, 0.25) is 5.02 Å². The van der Waals surface area contributed by atoms with E-state index in [1.165, 1.54) is 12.1 Å². The predicted molar refractivity (Wildman–Crippen MR) is 71.0 cm³/mol. The summed E-state index contributed by atoms with van der Waals surface area (Å²) in [6.07, 6.45) is 1.75. The van der Waals surface area contributed by atoms with E-state index in [0.29, 0.717) is 17.6 Å². The van der Waals surface area contributed by atoms with E-state index in [4.69, 9.17) is 11.6 Å². The molecule has 0 fully saturated rings. The highest BCUT2D eigenvalue weighted by Crippen LogP contribution is 2.29. The van der Waals surface area contributed by atoms with Crippen molar-refractivity contribution in [3.8, 4) is 11.3 Å². The molecule has 0 unspecified atom stereocenters. The molecule has 0 bridgehead atoms. The minimum absolute atomic E-state index is 0.342. The van der Waals surface area contributed by atoms with Gasteiger partial charge in [-0.05, 0) is 18.2 Å². The lowest BCUT2D eigenvalue weighted by Crippen LogP contribution is -2.21. The van der Waals surface area contributed by atoms with E-state index in [0.717, 1.165) is 16.8 Å². The van der Waals surface area contributed by atoms with E-state index in [9.17, 15) is 4.39 Å². The Kier molecular flexibility index (Phi) is 3.99. The molecule has 18 heavy (non-hydrogen) atoms. The van der Waals surface area contributed by atoms with Crippen molar-refractivity contribution in [3.05, 3.63) is 40.8 Å². The van der Waals surface area contributed by atoms with Crippen molar-refractivity contribution in [1.29, 1.82) is 0 Å². The first-order valence-electron chi connectivity index (χ1n) is 5.79. The first-order chi connectivity index (χ1) is 8.58. The van der Waals surface area contributed by atoms with E-state index >= 15 is 0 Å². The maximum atomic E-state index is 13.0. The second-order valence-electron chi connectivity index (χ2n) is 4.43. The molecule has 3 nitrogen and oxygen atoms in total. The largest absolute Gasteiger partial charge is 0.310 e. The highest BCUT2D eigenvalue weighted by atomic mass is 35.5. The Balaban J connectivity index is 2.30. The van der Waals surface area contributed by atoms with Crippen LogP contribution < -0.4 is 5.32 Å². The monoisotopic (exact) mass is 267 g/mol. The molecule has 1 aromatic carbocycles. The van der Waals surface area contributed by atoms with Gasteiger partial charge in [0.15, 0.2) is 0 Å². The normalized spacial score (nSPS) is 11.2. The molecule has 0 radical (unpaired) electrons. The molecule has 2 rings (SSSR count). The van der Waals surface area contributed by atoms with Gasteiger partial charge in [0.1, 0.15) is 5.82 Å². The number of H-pyrrole nitrogens is 1. The third-order valence-corrected chi connectivity index (χ3v) is 2.93. The fraction of sp³-hybridized carbons (Fsp3) is 0.308. The fourth-order valence-electron chi connectivity index (χ4n) is 1.68. The van der Waals surface area contributed by atoms with Crippen molar-refractivity contribution in [2.24, 2.45) is 0 Å². The molecule has 5 heteroatoms. The summed E-state index contributed by atoms with van der Waals surface area (Å²) in [7, 11) is 0. The van der Waals surface area contributed by atoms with Gasteiger partial charge in [0.05, 0.1) is 16.9 Å². The summed E-state index contributed by atoms with van der Waals surface area (Å²) in [6, 6.07) is 4.74. The van der Waals surface area contributed by atoms with E-state index in [1.54, 1.807) is 12.3 Å². The quantitative estimate of drug-likeness (QED) is 0.892. The summed E-state index contributed by atoms with van der Waals surface area (Å²) < 4.78 is 13.0. The molecule has 0 aliphatic carbocycles. The molecule has 1 aromatic heterocycles. The Morgan fingerprint density at radius 3 is 2.89 bits per heavy atom. The topological polar surface area (TPSA) is 40.7 Å². The van der Waals surface area contributed by atoms with Crippen LogP contribution in [0.5, 0.6) is 0 Å². The molecule has 0 saturated carbocycles. The zero-order chi connectivity index (χ0) is 13.1. The number of nitrogens with one attached hydrogen (secondary N) is 2. The van der Waals surface area contributed by atoms with Crippen LogP contribution in [0.15, 0.2) is 24.4 Å². The third kappa shape index (κ3) is 2.89. The fourth-order valence-corrected chi connectivity index (χ4v) is 1.95. The number of benzene rings is 1. The summed E-state index contributed by atoms with van der Waals surface area (Å²) in [6.45, 7) is 4.84. The molecule has 2 aromatic rings. The van der Waals surface area contributed by atoms with E-state index in [-0.39, 0.29) is 5.82 Å². The maximum Gasteiger partial charge on any atom is 0.124 e. The lowest BCUT2D eigenvalue weighted by Gasteiger charge is -2.09. The number of hydrogen-bond donors (Lipinski definition) is 2. The van der Waals surface area contributed by atoms with E-state index in [1.807, 2.05) is 0 Å². The van der Waals surface area contributed by atoms with Crippen LogP contribution in [-0.4, -0.2) is 16.2 Å². The first kappa shape index (κ1) is 13.1. The van der Waals surface area contributed by atoms with Gasteiger partial charge in [-0.2, -0.15) is 5.10 Å². The minimum Gasteiger partial charge on any atom is -0.310 e. The standard InChI is InChI=1S/C13H15ClFN3/c1-8(2)16-6-9-7-17-18-13(9)11-4-3-10(15)5-12(11)14/h3-5,7-8,16H,6H2,1-2H3,(H,17,18). The average Bonchev–Trinajstić information content (AvgIpc) is 2.74. The number of nitrogens with zero attached hydrogens (tertiary/aromatic N) is 1. The Hall–Kier alpha value is -1.39. The highest BCUT2D eigenvalue weighted by Gasteiger charge is 2.11. The van der Waals surface area contributed by atoms with Crippen molar-refractivity contribution in [3.63, 3.8) is 0 Å². The maximum absolute atomic E-state index is 13.0. The molecule has 1 heterocycles. The number of hydrogen-bond acceptors (Lipinski definition) is 2. The van der Waals surface area contributed by atoms with Crippen LogP contribution in [0.25, 0.3) is 11.3 Å². The van der Waals surface area contributed by atoms with Crippen molar-refractivity contribution in [2.75, 3.05) is 0 Å². The van der Waals surface area contributed by atoms with Crippen molar-refractivity contribution < 1.29 is 4.39 Å². The molecule has 0 aliphatic heterocycles. The Labute approximate surface area is 110 Å². The molecule has 2 N–H and O–H groups in total. The van der Waals surface area contributed by atoms with Gasteiger partial charge in [-0.1, -0.05) is 25.4 Å². The van der Waals surface area contributed by atoms with Crippen LogP contribution in [0.4, 0.5) is 4.39 Å². The second-order valence-corrected chi connectivity index (χ2v) is 4.84. The van der Waals surface area contributed by atoms with Gasteiger partial charge >= 0.3 is 0 Å². The van der Waals surface area contributed by atoms with Crippen molar-refractivity contribution in [2.45, 2.75) is 26.4 Å². The van der Waals surface area contributed by atoms with Crippen LogP contribution in [0.3, 0.4) is 0 Å². The molecule has 0 amide bonds. The number of rotatable bonds is 4. The summed E-state index contributed by atoms with van der Waals surface area (Å²) in [5, 5.41) is 10.6. The average molecular weight is 268 g/mol. The Bertz CT molecular complexity index is 537. The van der Waals surface area contributed by atoms with Gasteiger partial charge in [0.2, 0.25) is 0 Å². The molecule has 0 aliphatic rings. The van der Waals surface area contributed by atoms with Crippen molar-refractivity contribution in [1.82, 2.24) is 15.5 Å². The van der Waals surface area contributed by atoms with Crippen molar-refractivity contribution >= 4 is 11.6 Å². The molecular weight excluding hydrogens is 253 g/mol. The summed E-state index contributed by atoms with van der Waals surface area (Å²) in [5.41, 5.74) is 2.60. The minimum atomic E-state index is -0.342. The summed E-state index contributed by atoms with van der Waals surface area (Å²) in [4.78, 5) is 0. The molecule has 0 spiro atoms. The summed E-state index contributed by atoms with van der Waals surface area (Å²) in [5.74, 6) is -0.342. The zero-order valence-electron chi connectivity index (χ0n) is 10.3. The van der Waals surface area contributed by atoms with Gasteiger partial charge in [-0.25, -0.2) is 4.39 Å². The zero-order valence-corrected chi connectivity index (χ0v) is 11.1. The number of halogens is 2. The SMILES string of the molecule is CC(C)NCc1cn[nH]c1-c1ccc(F)cc1Cl. The van der Waals surface area contributed by atoms with Gasteiger partial charge in [0, 0.05) is 23.7 Å². The lowest BCUT2D eigenvalue weighted by atomic mass is 10.1. The molecular formula is C13H15ClFN3. The van der Waals surface area contributed by atoms with Crippen LogP contribution in [0.1, 0.15) is 19.4 Å². The molecule has 0 atom stereocenters. The predicted octanol–water partition coefficient (Wildman–Crippen LogP) is 3.37. The second kappa shape index (κ2) is 5.50. The van der Waals surface area contributed by atoms with E-state index < -0.39 is 0 Å². The Morgan fingerprint density at radius 1 is 1.44 bits per heavy atom. The first-order valence-corrected chi connectivity index (χ1v) is 6.16. The number of aromatic nitrogens is 2. The van der Waals surface area contributed by atoms with Gasteiger partial charge < -0.3 is 5.32 Å². The van der Waals surface area contributed by atoms with Gasteiger partial charge in [-0.15, -0.1) is 0 Å². The lowest BCUT2D eigenvalue weighted by molar-refractivity contribution is 0.589. The van der Waals surface area contributed by atoms with Crippen LogP contribution in [0, 0.1) is 5.82 Å². The Morgan fingerprint density at radius 2 is 2.22 bits per heavy atom. The van der Waals surface area contributed by atoms with Gasteiger partial charge in [-0.3, -0.25) is 5.10 Å². The van der Waals surface area contributed by atoms with Crippen LogP contribution >= 0.6 is 11.6 Å².